The number of amides is 1. The second-order valence-corrected chi connectivity index (χ2v) is 3.86. The zero-order valence-electron chi connectivity index (χ0n) is 8.79. The molecule has 2 rings (SSSR count). The van der Waals surface area contributed by atoms with Gasteiger partial charge in [0.1, 0.15) is 5.88 Å². The summed E-state index contributed by atoms with van der Waals surface area (Å²) in [6.45, 7) is 0.618. The molecule has 0 radical (unpaired) electrons. The molecule has 0 aliphatic carbocycles. The van der Waals surface area contributed by atoms with Crippen LogP contribution in [0.5, 0.6) is 0 Å². The Kier molecular flexibility index (Phi) is 3.47. The average Bonchev–Trinajstić information content (AvgIpc) is 2.73. The summed E-state index contributed by atoms with van der Waals surface area (Å²) in [6.07, 6.45) is 2.80. The van der Waals surface area contributed by atoms with E-state index in [0.29, 0.717) is 6.54 Å². The van der Waals surface area contributed by atoms with Crippen molar-refractivity contribution in [3.8, 4) is 0 Å². The third kappa shape index (κ3) is 2.36. The van der Waals surface area contributed by atoms with Crippen LogP contribution in [0.2, 0.25) is 0 Å². The highest BCUT2D eigenvalue weighted by molar-refractivity contribution is 6.27. The van der Waals surface area contributed by atoms with E-state index in [4.69, 9.17) is 11.6 Å². The monoisotopic (exact) mass is 236 g/mol. The van der Waals surface area contributed by atoms with Crippen LogP contribution in [0, 0.1) is 0 Å². The number of carbonyl (C=O) groups excluding carboxylic acids is 1. The Labute approximate surface area is 98.8 Å². The van der Waals surface area contributed by atoms with Gasteiger partial charge in [-0.05, 0) is 18.1 Å². The SMILES string of the molecule is O=C(CCl)NCCc1c[nH]c2ccccc12. The molecule has 0 aliphatic heterocycles. The van der Waals surface area contributed by atoms with Crippen molar-refractivity contribution in [2.45, 2.75) is 6.42 Å². The van der Waals surface area contributed by atoms with Gasteiger partial charge in [0, 0.05) is 23.6 Å². The third-order valence-corrected chi connectivity index (χ3v) is 2.76. The number of hydrogen-bond acceptors (Lipinski definition) is 1. The van der Waals surface area contributed by atoms with Gasteiger partial charge in [-0.25, -0.2) is 0 Å². The Balaban J connectivity index is 2.02. The molecule has 0 atom stereocenters. The third-order valence-electron chi connectivity index (χ3n) is 2.51. The molecule has 2 N–H and O–H groups in total. The van der Waals surface area contributed by atoms with E-state index in [1.54, 1.807) is 0 Å². The average molecular weight is 237 g/mol. The van der Waals surface area contributed by atoms with Gasteiger partial charge in [0.25, 0.3) is 0 Å². The van der Waals surface area contributed by atoms with E-state index >= 15 is 0 Å². The zero-order valence-corrected chi connectivity index (χ0v) is 9.55. The zero-order chi connectivity index (χ0) is 11.4. The smallest absolute Gasteiger partial charge is 0.234 e. The number of aromatic nitrogens is 1. The molecule has 0 spiro atoms. The minimum absolute atomic E-state index is 0.0217. The van der Waals surface area contributed by atoms with E-state index in [-0.39, 0.29) is 11.8 Å². The first-order chi connectivity index (χ1) is 7.81. The summed E-state index contributed by atoms with van der Waals surface area (Å²) in [4.78, 5) is 14.2. The highest BCUT2D eigenvalue weighted by atomic mass is 35.5. The van der Waals surface area contributed by atoms with Crippen molar-refractivity contribution < 1.29 is 4.79 Å². The molecule has 0 fully saturated rings. The van der Waals surface area contributed by atoms with Crippen LogP contribution in [0.3, 0.4) is 0 Å². The highest BCUT2D eigenvalue weighted by Crippen LogP contribution is 2.17. The molecule has 16 heavy (non-hydrogen) atoms. The Morgan fingerprint density at radius 2 is 2.19 bits per heavy atom. The summed E-state index contributed by atoms with van der Waals surface area (Å²) in [5.41, 5.74) is 2.34. The molecule has 0 saturated carbocycles. The predicted octanol–water partition coefficient (Wildman–Crippen LogP) is 2.07. The lowest BCUT2D eigenvalue weighted by atomic mass is 10.1. The van der Waals surface area contributed by atoms with E-state index in [9.17, 15) is 4.79 Å². The fourth-order valence-corrected chi connectivity index (χ4v) is 1.82. The first-order valence-electron chi connectivity index (χ1n) is 5.19. The van der Waals surface area contributed by atoms with Gasteiger partial charge in [0.15, 0.2) is 0 Å². The summed E-state index contributed by atoms with van der Waals surface area (Å²) < 4.78 is 0. The van der Waals surface area contributed by atoms with Crippen molar-refractivity contribution in [1.82, 2.24) is 10.3 Å². The summed E-state index contributed by atoms with van der Waals surface area (Å²) in [6, 6.07) is 8.12. The lowest BCUT2D eigenvalue weighted by molar-refractivity contribution is -0.118. The summed E-state index contributed by atoms with van der Waals surface area (Å²) in [7, 11) is 0. The predicted molar refractivity (Wildman–Crippen MR) is 65.7 cm³/mol. The Bertz CT molecular complexity index is 492. The number of H-pyrrole nitrogens is 1. The number of carbonyl (C=O) groups is 1. The van der Waals surface area contributed by atoms with E-state index in [0.717, 1.165) is 11.9 Å². The van der Waals surface area contributed by atoms with Crippen LogP contribution in [-0.4, -0.2) is 23.3 Å². The lowest BCUT2D eigenvalue weighted by Gasteiger charge is -2.01. The number of hydrogen-bond donors (Lipinski definition) is 2. The van der Waals surface area contributed by atoms with Gasteiger partial charge in [-0.15, -0.1) is 11.6 Å². The topological polar surface area (TPSA) is 44.9 Å². The number of aromatic amines is 1. The highest BCUT2D eigenvalue weighted by Gasteiger charge is 2.03. The van der Waals surface area contributed by atoms with Crippen LogP contribution in [0.15, 0.2) is 30.5 Å². The molecule has 1 aromatic carbocycles. The maximum atomic E-state index is 11.0. The van der Waals surface area contributed by atoms with Crippen LogP contribution < -0.4 is 5.32 Å². The maximum absolute atomic E-state index is 11.0. The second kappa shape index (κ2) is 5.03. The minimum Gasteiger partial charge on any atom is -0.361 e. The maximum Gasteiger partial charge on any atom is 0.234 e. The summed E-state index contributed by atoms with van der Waals surface area (Å²) in [5, 5.41) is 3.96. The lowest BCUT2D eigenvalue weighted by Crippen LogP contribution is -2.26. The molecule has 0 aliphatic rings. The van der Waals surface area contributed by atoms with Gasteiger partial charge < -0.3 is 10.3 Å². The van der Waals surface area contributed by atoms with E-state index in [2.05, 4.69) is 16.4 Å². The van der Waals surface area contributed by atoms with Crippen LogP contribution >= 0.6 is 11.6 Å². The molecule has 84 valence electrons. The van der Waals surface area contributed by atoms with Crippen LogP contribution in [0.25, 0.3) is 10.9 Å². The first-order valence-corrected chi connectivity index (χ1v) is 5.72. The van der Waals surface area contributed by atoms with Gasteiger partial charge in [0.2, 0.25) is 5.91 Å². The van der Waals surface area contributed by atoms with Crippen LogP contribution in [0.1, 0.15) is 5.56 Å². The molecule has 1 heterocycles. The molecule has 0 saturated heterocycles. The fraction of sp³-hybridized carbons (Fsp3) is 0.250. The van der Waals surface area contributed by atoms with Crippen LogP contribution in [0.4, 0.5) is 0 Å². The van der Waals surface area contributed by atoms with Gasteiger partial charge in [-0.3, -0.25) is 4.79 Å². The fourth-order valence-electron chi connectivity index (χ4n) is 1.72. The van der Waals surface area contributed by atoms with Crippen molar-refractivity contribution >= 4 is 28.4 Å². The van der Waals surface area contributed by atoms with Crippen molar-refractivity contribution in [1.29, 1.82) is 0 Å². The molecule has 3 nitrogen and oxygen atoms in total. The number of benzene rings is 1. The molecule has 1 aromatic heterocycles. The molecule has 0 unspecified atom stereocenters. The van der Waals surface area contributed by atoms with E-state index in [1.165, 1.54) is 10.9 Å². The normalized spacial score (nSPS) is 10.6. The Morgan fingerprint density at radius 1 is 1.38 bits per heavy atom. The number of para-hydroxylation sites is 1. The van der Waals surface area contributed by atoms with E-state index in [1.807, 2.05) is 24.4 Å². The molecule has 1 amide bonds. The number of rotatable bonds is 4. The summed E-state index contributed by atoms with van der Waals surface area (Å²) >= 11 is 5.39. The van der Waals surface area contributed by atoms with Gasteiger partial charge in [-0.1, -0.05) is 18.2 Å². The molecular formula is C12H13ClN2O. The van der Waals surface area contributed by atoms with Crippen molar-refractivity contribution in [3.63, 3.8) is 0 Å². The Morgan fingerprint density at radius 3 is 3.00 bits per heavy atom. The first kappa shape index (κ1) is 11.0. The van der Waals surface area contributed by atoms with Crippen molar-refractivity contribution in [2.24, 2.45) is 0 Å². The Hall–Kier alpha value is -1.48. The molecule has 4 heteroatoms. The molecule has 0 bridgehead atoms. The largest absolute Gasteiger partial charge is 0.361 e. The quantitative estimate of drug-likeness (QED) is 0.785. The number of fused-ring (bicyclic) bond motifs is 1. The number of alkyl halides is 1. The van der Waals surface area contributed by atoms with Gasteiger partial charge in [-0.2, -0.15) is 0 Å². The van der Waals surface area contributed by atoms with Crippen LogP contribution in [-0.2, 0) is 11.2 Å². The van der Waals surface area contributed by atoms with E-state index < -0.39 is 0 Å². The van der Waals surface area contributed by atoms with Gasteiger partial charge in [0.05, 0.1) is 0 Å². The van der Waals surface area contributed by atoms with Crippen molar-refractivity contribution in [2.75, 3.05) is 12.4 Å². The van der Waals surface area contributed by atoms with Crippen molar-refractivity contribution in [3.05, 3.63) is 36.0 Å². The van der Waals surface area contributed by atoms with Gasteiger partial charge >= 0.3 is 0 Å². The molecular weight excluding hydrogens is 224 g/mol. The standard InChI is InChI=1S/C12H13ClN2O/c13-7-12(16)14-6-5-9-8-15-11-4-2-1-3-10(9)11/h1-4,8,15H,5-7H2,(H,14,16). The second-order valence-electron chi connectivity index (χ2n) is 3.59. The minimum atomic E-state index is -0.124. The number of nitrogens with one attached hydrogen (secondary N) is 2. The summed E-state index contributed by atoms with van der Waals surface area (Å²) in [5.74, 6) is -0.102. The number of halogens is 1. The molecule has 2 aromatic rings.